The van der Waals surface area contributed by atoms with Crippen molar-refractivity contribution in [1.82, 2.24) is 4.90 Å². The number of benzene rings is 2. The van der Waals surface area contributed by atoms with Gasteiger partial charge in [-0.2, -0.15) is 0 Å². The summed E-state index contributed by atoms with van der Waals surface area (Å²) in [4.78, 5) is 16.8. The van der Waals surface area contributed by atoms with Crippen molar-refractivity contribution in [3.05, 3.63) is 79.2 Å². The van der Waals surface area contributed by atoms with Crippen molar-refractivity contribution in [3.63, 3.8) is 0 Å². The van der Waals surface area contributed by atoms with E-state index in [-0.39, 0.29) is 18.3 Å². The molecule has 0 saturated heterocycles. The molecule has 0 N–H and O–H groups in total. The molecule has 3 aromatic rings. The molecule has 4 heterocycles. The lowest BCUT2D eigenvalue weighted by Gasteiger charge is -2.30. The quantitative estimate of drug-likeness (QED) is 0.457. The topological polar surface area (TPSA) is 57.2 Å². The molecule has 0 aliphatic carbocycles. The van der Waals surface area contributed by atoms with Gasteiger partial charge in [-0.3, -0.25) is 9.69 Å². The Morgan fingerprint density at radius 3 is 2.91 bits per heavy atom. The molecule has 1 aromatic heterocycles. The highest BCUT2D eigenvalue weighted by Crippen LogP contribution is 2.44. The van der Waals surface area contributed by atoms with Gasteiger partial charge in [0, 0.05) is 45.2 Å². The van der Waals surface area contributed by atoms with Crippen LogP contribution in [0.3, 0.4) is 0 Å². The monoisotopic (exact) mass is 481 g/mol. The summed E-state index contributed by atoms with van der Waals surface area (Å²) in [6.45, 7) is 4.52. The second-order valence-electron chi connectivity index (χ2n) is 8.24. The SMILES string of the molecule is Cc1c2c(cc3c1O/C(=C\c1cc(Cl)cc4c1OCOC4)C3=O)CN(Cc1cccs1)CO2. The van der Waals surface area contributed by atoms with Crippen LogP contribution in [0.5, 0.6) is 17.2 Å². The molecule has 3 aliphatic heterocycles. The summed E-state index contributed by atoms with van der Waals surface area (Å²) in [5.41, 5.74) is 3.92. The maximum atomic E-state index is 13.3. The second kappa shape index (κ2) is 8.18. The van der Waals surface area contributed by atoms with Crippen LogP contribution in [0.15, 0.2) is 41.5 Å². The predicted octanol–water partition coefficient (Wildman–Crippen LogP) is 5.54. The highest BCUT2D eigenvalue weighted by Gasteiger charge is 2.34. The van der Waals surface area contributed by atoms with Gasteiger partial charge in [-0.05, 0) is 42.6 Å². The van der Waals surface area contributed by atoms with Crippen molar-refractivity contribution >= 4 is 34.8 Å². The molecule has 3 aliphatic rings. The van der Waals surface area contributed by atoms with Gasteiger partial charge in [-0.25, -0.2) is 0 Å². The Labute approximate surface area is 199 Å². The van der Waals surface area contributed by atoms with Gasteiger partial charge in [-0.1, -0.05) is 17.7 Å². The average Bonchev–Trinajstić information content (AvgIpc) is 3.42. The van der Waals surface area contributed by atoms with Gasteiger partial charge in [0.15, 0.2) is 12.6 Å². The van der Waals surface area contributed by atoms with Crippen LogP contribution in [0.2, 0.25) is 5.02 Å². The van der Waals surface area contributed by atoms with Crippen molar-refractivity contribution in [3.8, 4) is 17.2 Å². The molecular weight excluding hydrogens is 462 g/mol. The number of hydrogen-bond acceptors (Lipinski definition) is 7. The van der Waals surface area contributed by atoms with Gasteiger partial charge >= 0.3 is 0 Å². The fraction of sp³-hybridized carbons (Fsp3) is 0.240. The summed E-state index contributed by atoms with van der Waals surface area (Å²) in [6.07, 6.45) is 1.70. The Morgan fingerprint density at radius 2 is 2.06 bits per heavy atom. The van der Waals surface area contributed by atoms with Gasteiger partial charge in [-0.15, -0.1) is 11.3 Å². The number of thiophene rings is 1. The van der Waals surface area contributed by atoms with E-state index in [2.05, 4.69) is 22.4 Å². The lowest BCUT2D eigenvalue weighted by Crippen LogP contribution is -2.31. The first kappa shape index (κ1) is 20.7. The third-order valence-electron chi connectivity index (χ3n) is 5.95. The van der Waals surface area contributed by atoms with Crippen molar-refractivity contribution in [2.45, 2.75) is 26.6 Å². The molecule has 0 unspecified atom stereocenters. The normalized spacial score (nSPS) is 18.2. The molecule has 0 atom stereocenters. The van der Waals surface area contributed by atoms with Crippen LogP contribution in [0.1, 0.15) is 37.5 Å². The van der Waals surface area contributed by atoms with Crippen molar-refractivity contribution in [2.75, 3.05) is 13.5 Å². The molecule has 33 heavy (non-hydrogen) atoms. The number of nitrogens with zero attached hydrogens (tertiary/aromatic N) is 1. The van der Waals surface area contributed by atoms with E-state index in [1.807, 2.05) is 19.1 Å². The Kier molecular flexibility index (Phi) is 5.14. The lowest BCUT2D eigenvalue weighted by molar-refractivity contribution is -0.0165. The number of allylic oxidation sites excluding steroid dienone is 1. The van der Waals surface area contributed by atoms with E-state index >= 15 is 0 Å². The highest BCUT2D eigenvalue weighted by molar-refractivity contribution is 7.09. The van der Waals surface area contributed by atoms with E-state index in [9.17, 15) is 4.79 Å². The minimum Gasteiger partial charge on any atom is -0.477 e. The minimum absolute atomic E-state index is 0.158. The number of rotatable bonds is 3. The highest BCUT2D eigenvalue weighted by atomic mass is 35.5. The van der Waals surface area contributed by atoms with Gasteiger partial charge in [0.25, 0.3) is 0 Å². The zero-order valence-electron chi connectivity index (χ0n) is 17.9. The standard InChI is InChI=1S/C25H20ClNO5S/c1-14-23-16(9-27(12-30-23)10-19-3-2-4-33-19)7-20-22(28)21(32-24(14)20)8-15-5-18(26)6-17-11-29-13-31-25(15)17/h2-8H,9-13H2,1H3/b21-8-. The molecule has 6 nitrogen and oxygen atoms in total. The molecule has 0 amide bonds. The molecule has 6 rings (SSSR count). The van der Waals surface area contributed by atoms with Crippen LogP contribution in [0.25, 0.3) is 6.08 Å². The second-order valence-corrected chi connectivity index (χ2v) is 9.71. The molecule has 0 bridgehead atoms. The Hall–Kier alpha value is -2.84. The third-order valence-corrected chi connectivity index (χ3v) is 7.03. The molecule has 8 heteroatoms. The Bertz CT molecular complexity index is 1300. The minimum atomic E-state index is -0.160. The number of ether oxygens (including phenoxy) is 4. The zero-order chi connectivity index (χ0) is 22.5. The molecule has 2 aromatic carbocycles. The van der Waals surface area contributed by atoms with Crippen LogP contribution in [-0.4, -0.2) is 24.2 Å². The number of fused-ring (bicyclic) bond motifs is 3. The number of halogens is 1. The fourth-order valence-electron chi connectivity index (χ4n) is 4.48. The average molecular weight is 482 g/mol. The smallest absolute Gasteiger partial charge is 0.231 e. The number of Topliss-reactive ketones (excluding diaryl/α,β-unsaturated/α-hetero) is 1. The summed E-state index contributed by atoms with van der Waals surface area (Å²) in [7, 11) is 0. The van der Waals surface area contributed by atoms with E-state index in [4.69, 9.17) is 30.5 Å². The van der Waals surface area contributed by atoms with Crippen molar-refractivity contribution < 1.29 is 23.7 Å². The number of hydrogen-bond donors (Lipinski definition) is 0. The maximum Gasteiger partial charge on any atom is 0.231 e. The summed E-state index contributed by atoms with van der Waals surface area (Å²) < 4.78 is 23.2. The van der Waals surface area contributed by atoms with Crippen LogP contribution in [0.4, 0.5) is 0 Å². The summed E-state index contributed by atoms with van der Waals surface area (Å²) in [6, 6.07) is 9.64. The lowest BCUT2D eigenvalue weighted by atomic mass is 9.99. The Morgan fingerprint density at radius 1 is 1.15 bits per heavy atom. The first-order valence-electron chi connectivity index (χ1n) is 10.6. The van der Waals surface area contributed by atoms with Crippen LogP contribution in [0, 0.1) is 6.92 Å². The molecule has 0 saturated carbocycles. The number of carbonyl (C=O) groups excluding carboxylic acids is 1. The zero-order valence-corrected chi connectivity index (χ0v) is 19.4. The number of ketones is 1. The van der Waals surface area contributed by atoms with Gasteiger partial charge in [0.1, 0.15) is 24.0 Å². The molecule has 0 fully saturated rings. The van der Waals surface area contributed by atoms with Crippen molar-refractivity contribution in [2.24, 2.45) is 0 Å². The van der Waals surface area contributed by atoms with E-state index in [0.717, 1.165) is 29.0 Å². The van der Waals surface area contributed by atoms with Crippen LogP contribution >= 0.6 is 22.9 Å². The summed E-state index contributed by atoms with van der Waals surface area (Å²) in [5, 5.41) is 2.62. The largest absolute Gasteiger partial charge is 0.477 e. The molecule has 0 spiro atoms. The summed E-state index contributed by atoms with van der Waals surface area (Å²) >= 11 is 8.01. The third kappa shape index (κ3) is 3.71. The fourth-order valence-corrected chi connectivity index (χ4v) is 5.47. The van der Waals surface area contributed by atoms with Crippen molar-refractivity contribution in [1.29, 1.82) is 0 Å². The molecule has 168 valence electrons. The van der Waals surface area contributed by atoms with Gasteiger partial charge in [0.2, 0.25) is 5.78 Å². The van der Waals surface area contributed by atoms with E-state index in [0.29, 0.717) is 47.5 Å². The predicted molar refractivity (Wildman–Crippen MR) is 125 cm³/mol. The van der Waals surface area contributed by atoms with E-state index < -0.39 is 0 Å². The first-order chi connectivity index (χ1) is 16.1. The van der Waals surface area contributed by atoms with E-state index in [1.54, 1.807) is 23.5 Å². The van der Waals surface area contributed by atoms with Gasteiger partial charge in [0.05, 0.1) is 12.2 Å². The molecule has 0 radical (unpaired) electrons. The maximum absolute atomic E-state index is 13.3. The molecular formula is C25H20ClNO5S. The number of carbonyl (C=O) groups is 1. The first-order valence-corrected chi connectivity index (χ1v) is 11.8. The van der Waals surface area contributed by atoms with Gasteiger partial charge < -0.3 is 18.9 Å². The summed E-state index contributed by atoms with van der Waals surface area (Å²) in [5.74, 6) is 2.09. The van der Waals surface area contributed by atoms with Crippen LogP contribution < -0.4 is 14.2 Å². The Balaban J connectivity index is 1.33. The van der Waals surface area contributed by atoms with Crippen LogP contribution in [-0.2, 0) is 24.4 Å². The van der Waals surface area contributed by atoms with E-state index in [1.165, 1.54) is 4.88 Å².